The standard InChI is InChI=1S/C21H24N4O2/c1-15-11-20(27)25-19-8-4-3-7-18(19)24(21(25)17(15)12-22)14-16(26)13-23-9-5-2-6-10-23/h3-4,7-8,11,16,26H,2,5-6,9-10,13-14H2,1H3/p+1/t16-/m0/s1. The molecule has 0 aliphatic carbocycles. The molecule has 4 rings (SSSR count). The number of fused-ring (bicyclic) bond motifs is 3. The molecule has 0 unspecified atom stereocenters. The Morgan fingerprint density at radius 3 is 2.63 bits per heavy atom. The van der Waals surface area contributed by atoms with Crippen LogP contribution in [0.2, 0.25) is 0 Å². The number of hydrogen-bond donors (Lipinski definition) is 2. The van der Waals surface area contributed by atoms with Crippen molar-refractivity contribution in [1.29, 1.82) is 5.26 Å². The van der Waals surface area contributed by atoms with E-state index in [2.05, 4.69) is 6.07 Å². The summed E-state index contributed by atoms with van der Waals surface area (Å²) in [6.45, 7) is 5.06. The van der Waals surface area contributed by atoms with Gasteiger partial charge in [-0.05, 0) is 43.9 Å². The predicted octanol–water partition coefficient (Wildman–Crippen LogP) is 0.864. The van der Waals surface area contributed by atoms with Gasteiger partial charge in [-0.1, -0.05) is 12.1 Å². The van der Waals surface area contributed by atoms with Crippen molar-refractivity contribution >= 4 is 16.7 Å². The van der Waals surface area contributed by atoms with Crippen molar-refractivity contribution in [1.82, 2.24) is 8.97 Å². The molecule has 0 bridgehead atoms. The zero-order chi connectivity index (χ0) is 19.0. The Balaban J connectivity index is 1.83. The fraction of sp³-hybridized carbons (Fsp3) is 0.429. The third-order valence-corrected chi connectivity index (χ3v) is 5.65. The number of piperidine rings is 1. The van der Waals surface area contributed by atoms with Crippen LogP contribution in [0.1, 0.15) is 30.4 Å². The van der Waals surface area contributed by atoms with Gasteiger partial charge in [-0.2, -0.15) is 5.26 Å². The van der Waals surface area contributed by atoms with E-state index in [4.69, 9.17) is 0 Å². The van der Waals surface area contributed by atoms with Gasteiger partial charge in [0.15, 0.2) is 0 Å². The maximum Gasteiger partial charge on any atom is 0.257 e. The number of aryl methyl sites for hydroxylation is 1. The highest BCUT2D eigenvalue weighted by atomic mass is 16.3. The molecule has 1 atom stereocenters. The molecule has 0 radical (unpaired) electrons. The molecule has 6 heteroatoms. The normalized spacial score (nSPS) is 16.6. The summed E-state index contributed by atoms with van der Waals surface area (Å²) in [7, 11) is 0. The van der Waals surface area contributed by atoms with E-state index in [0.29, 0.717) is 29.9 Å². The fourth-order valence-electron chi connectivity index (χ4n) is 4.39. The lowest BCUT2D eigenvalue weighted by Crippen LogP contribution is -3.13. The Kier molecular flexibility index (Phi) is 4.73. The van der Waals surface area contributed by atoms with E-state index in [1.807, 2.05) is 28.8 Å². The molecule has 6 nitrogen and oxygen atoms in total. The molecule has 0 saturated carbocycles. The minimum atomic E-state index is -0.528. The molecule has 27 heavy (non-hydrogen) atoms. The molecule has 0 amide bonds. The van der Waals surface area contributed by atoms with Crippen molar-refractivity contribution in [3.8, 4) is 6.07 Å². The van der Waals surface area contributed by atoms with Crippen LogP contribution in [0, 0.1) is 18.3 Å². The number of quaternary nitrogens is 1. The highest BCUT2D eigenvalue weighted by Crippen LogP contribution is 2.23. The molecule has 0 spiro atoms. The van der Waals surface area contributed by atoms with Crippen molar-refractivity contribution < 1.29 is 10.0 Å². The molecule has 1 aliphatic rings. The third kappa shape index (κ3) is 3.14. The Morgan fingerprint density at radius 2 is 1.93 bits per heavy atom. The topological polar surface area (TPSA) is 74.9 Å². The van der Waals surface area contributed by atoms with Crippen molar-refractivity contribution in [3.05, 3.63) is 51.8 Å². The van der Waals surface area contributed by atoms with Crippen molar-refractivity contribution in [2.24, 2.45) is 0 Å². The van der Waals surface area contributed by atoms with Gasteiger partial charge in [0.05, 0.1) is 36.2 Å². The zero-order valence-electron chi connectivity index (χ0n) is 15.6. The number of rotatable bonds is 4. The first kappa shape index (κ1) is 17.8. The number of likely N-dealkylation sites (tertiary alicyclic amines) is 1. The SMILES string of the molecule is Cc1cc(=O)n2c3ccccc3n(C[C@@H](O)C[NH+]3CCCCC3)c2c1C#N. The van der Waals surface area contributed by atoms with Crippen molar-refractivity contribution in [2.75, 3.05) is 19.6 Å². The summed E-state index contributed by atoms with van der Waals surface area (Å²) in [5.41, 5.74) is 3.23. The van der Waals surface area contributed by atoms with Crippen LogP contribution < -0.4 is 10.5 Å². The highest BCUT2D eigenvalue weighted by molar-refractivity contribution is 5.84. The van der Waals surface area contributed by atoms with Gasteiger partial charge in [0, 0.05) is 6.07 Å². The van der Waals surface area contributed by atoms with Crippen LogP contribution in [0.25, 0.3) is 16.7 Å². The fourth-order valence-corrected chi connectivity index (χ4v) is 4.39. The molecule has 1 aromatic carbocycles. The number of hydrogen-bond acceptors (Lipinski definition) is 3. The molecule has 2 aromatic heterocycles. The predicted molar refractivity (Wildman–Crippen MR) is 104 cm³/mol. The van der Waals surface area contributed by atoms with Gasteiger partial charge < -0.3 is 14.6 Å². The molecule has 2 N–H and O–H groups in total. The van der Waals surface area contributed by atoms with Gasteiger partial charge >= 0.3 is 0 Å². The molecule has 1 fully saturated rings. The Morgan fingerprint density at radius 1 is 1.22 bits per heavy atom. The summed E-state index contributed by atoms with van der Waals surface area (Å²) in [6.07, 6.45) is 3.18. The first-order valence-corrected chi connectivity index (χ1v) is 9.65. The average molecular weight is 365 g/mol. The monoisotopic (exact) mass is 365 g/mol. The van der Waals surface area contributed by atoms with Gasteiger partial charge in [0.25, 0.3) is 5.56 Å². The van der Waals surface area contributed by atoms with Crippen LogP contribution in [-0.4, -0.2) is 39.8 Å². The summed E-state index contributed by atoms with van der Waals surface area (Å²) in [4.78, 5) is 14.1. The number of aliphatic hydroxyl groups is 1. The van der Waals surface area contributed by atoms with E-state index in [1.165, 1.54) is 30.2 Å². The summed E-state index contributed by atoms with van der Waals surface area (Å²) >= 11 is 0. The lowest BCUT2D eigenvalue weighted by atomic mass is 10.1. The quantitative estimate of drug-likeness (QED) is 0.720. The van der Waals surface area contributed by atoms with E-state index in [9.17, 15) is 15.2 Å². The number of nitriles is 1. The largest absolute Gasteiger partial charge is 0.385 e. The maximum atomic E-state index is 12.7. The van der Waals surface area contributed by atoms with E-state index < -0.39 is 6.10 Å². The van der Waals surface area contributed by atoms with E-state index in [-0.39, 0.29) is 5.56 Å². The molecule has 3 heterocycles. The first-order valence-electron chi connectivity index (χ1n) is 9.65. The summed E-state index contributed by atoms with van der Waals surface area (Å²) < 4.78 is 3.54. The molecular weight excluding hydrogens is 340 g/mol. The Bertz CT molecular complexity index is 1080. The molecule has 1 aliphatic heterocycles. The molecular formula is C21H25N4O2+. The van der Waals surface area contributed by atoms with Gasteiger partial charge in [-0.15, -0.1) is 0 Å². The molecule has 1 saturated heterocycles. The maximum absolute atomic E-state index is 12.7. The number of pyridine rings is 1. The number of aliphatic hydroxyl groups excluding tert-OH is 1. The summed E-state index contributed by atoms with van der Waals surface area (Å²) in [6, 6.07) is 11.4. The Labute approximate surface area is 157 Å². The lowest BCUT2D eigenvalue weighted by Gasteiger charge is -2.26. The molecule has 3 aromatic rings. The Hall–Kier alpha value is -2.62. The van der Waals surface area contributed by atoms with Gasteiger partial charge in [0.2, 0.25) is 0 Å². The molecule has 140 valence electrons. The number of benzene rings is 1. The second kappa shape index (κ2) is 7.18. The smallest absolute Gasteiger partial charge is 0.257 e. The minimum Gasteiger partial charge on any atom is -0.385 e. The number of imidazole rings is 1. The minimum absolute atomic E-state index is 0.146. The van der Waals surface area contributed by atoms with Crippen molar-refractivity contribution in [3.63, 3.8) is 0 Å². The van der Waals surface area contributed by atoms with Gasteiger partial charge in [-0.25, -0.2) is 0 Å². The lowest BCUT2D eigenvalue weighted by molar-refractivity contribution is -0.908. The van der Waals surface area contributed by atoms with Crippen molar-refractivity contribution in [2.45, 2.75) is 38.8 Å². The number of nitrogens with zero attached hydrogens (tertiary/aromatic N) is 3. The second-order valence-electron chi connectivity index (χ2n) is 7.58. The van der Waals surface area contributed by atoms with Crippen LogP contribution in [0.3, 0.4) is 0 Å². The number of nitrogens with one attached hydrogen (secondary N) is 1. The second-order valence-corrected chi connectivity index (χ2v) is 7.58. The van der Waals surface area contributed by atoms with Gasteiger partial charge in [0.1, 0.15) is 24.4 Å². The van der Waals surface area contributed by atoms with Crippen LogP contribution in [-0.2, 0) is 6.54 Å². The van der Waals surface area contributed by atoms with E-state index in [1.54, 1.807) is 11.3 Å². The van der Waals surface area contributed by atoms with Crippen LogP contribution in [0.4, 0.5) is 0 Å². The zero-order valence-corrected chi connectivity index (χ0v) is 15.6. The number of aromatic nitrogens is 2. The van der Waals surface area contributed by atoms with Crippen LogP contribution in [0.15, 0.2) is 35.1 Å². The van der Waals surface area contributed by atoms with E-state index >= 15 is 0 Å². The third-order valence-electron chi connectivity index (χ3n) is 5.65. The summed E-state index contributed by atoms with van der Waals surface area (Å²) in [5, 5.41) is 20.5. The average Bonchev–Trinajstić information content (AvgIpc) is 2.98. The summed E-state index contributed by atoms with van der Waals surface area (Å²) in [5.74, 6) is 0. The number of para-hydroxylation sites is 2. The highest BCUT2D eigenvalue weighted by Gasteiger charge is 2.22. The van der Waals surface area contributed by atoms with Crippen LogP contribution in [0.5, 0.6) is 0 Å². The van der Waals surface area contributed by atoms with Gasteiger partial charge in [-0.3, -0.25) is 9.20 Å². The van der Waals surface area contributed by atoms with E-state index in [0.717, 1.165) is 24.1 Å². The first-order chi connectivity index (χ1) is 13.1. The van der Waals surface area contributed by atoms with Crippen LogP contribution >= 0.6 is 0 Å².